The minimum absolute atomic E-state index is 0.162. The lowest BCUT2D eigenvalue weighted by molar-refractivity contribution is 0.220. The monoisotopic (exact) mass is 289 g/mol. The average molecular weight is 289 g/mol. The highest BCUT2D eigenvalue weighted by Gasteiger charge is 2.29. The Morgan fingerprint density at radius 2 is 2.05 bits per heavy atom. The molecule has 1 aliphatic heterocycles. The van der Waals surface area contributed by atoms with Crippen LogP contribution in [0.4, 0.5) is 0 Å². The third-order valence-corrected chi connectivity index (χ3v) is 4.72. The summed E-state index contributed by atoms with van der Waals surface area (Å²) < 4.78 is 0. The fraction of sp³-hybridized carbons (Fsp3) is 0.667. The van der Waals surface area contributed by atoms with Crippen LogP contribution < -0.4 is 5.32 Å². The van der Waals surface area contributed by atoms with Crippen molar-refractivity contribution < 1.29 is 0 Å². The molecule has 1 aliphatic rings. The van der Waals surface area contributed by atoms with E-state index in [1.54, 1.807) is 0 Å². The highest BCUT2D eigenvalue weighted by Crippen LogP contribution is 2.25. The molecule has 1 aromatic carbocycles. The van der Waals surface area contributed by atoms with E-state index in [0.29, 0.717) is 0 Å². The molecule has 2 rings (SSSR count). The number of hydrogen-bond acceptors (Lipinski definition) is 3. The standard InChI is InChI=1S/C18H31N3/c1-18(14-19-2,17-8-6-5-7-9-17)15-21(4)13-16-10-11-20(3)12-16/h5-9,16,19H,10-15H2,1-4H3. The Balaban J connectivity index is 1.98. The Hall–Kier alpha value is -0.900. The van der Waals surface area contributed by atoms with Crippen molar-refractivity contribution in [1.82, 2.24) is 15.1 Å². The van der Waals surface area contributed by atoms with Crippen molar-refractivity contribution in [2.45, 2.75) is 18.8 Å². The first-order chi connectivity index (χ1) is 10.0. The molecule has 0 spiro atoms. The maximum atomic E-state index is 3.38. The van der Waals surface area contributed by atoms with E-state index in [1.807, 2.05) is 7.05 Å². The van der Waals surface area contributed by atoms with E-state index in [1.165, 1.54) is 31.6 Å². The van der Waals surface area contributed by atoms with Gasteiger partial charge in [-0.05, 0) is 45.6 Å². The first-order valence-corrected chi connectivity index (χ1v) is 8.11. The molecule has 3 heteroatoms. The lowest BCUT2D eigenvalue weighted by Crippen LogP contribution is -2.44. The smallest absolute Gasteiger partial charge is 0.0176 e. The van der Waals surface area contributed by atoms with Crippen LogP contribution in [0, 0.1) is 5.92 Å². The van der Waals surface area contributed by atoms with Crippen LogP contribution in [-0.4, -0.2) is 63.7 Å². The van der Waals surface area contributed by atoms with Gasteiger partial charge in [-0.1, -0.05) is 37.3 Å². The van der Waals surface area contributed by atoms with Gasteiger partial charge in [0.2, 0.25) is 0 Å². The zero-order valence-electron chi connectivity index (χ0n) is 14.1. The van der Waals surface area contributed by atoms with Crippen molar-refractivity contribution in [3.63, 3.8) is 0 Å². The first kappa shape index (κ1) is 16.5. The fourth-order valence-corrected chi connectivity index (χ4v) is 3.76. The summed E-state index contributed by atoms with van der Waals surface area (Å²) in [7, 11) is 6.55. The summed E-state index contributed by atoms with van der Waals surface area (Å²) >= 11 is 0. The third kappa shape index (κ3) is 4.53. The topological polar surface area (TPSA) is 18.5 Å². The second kappa shape index (κ2) is 7.39. The molecule has 1 heterocycles. The maximum absolute atomic E-state index is 3.38. The zero-order valence-corrected chi connectivity index (χ0v) is 14.1. The van der Waals surface area contributed by atoms with Gasteiger partial charge in [0.05, 0.1) is 0 Å². The number of likely N-dealkylation sites (N-methyl/N-ethyl adjacent to an activating group) is 2. The van der Waals surface area contributed by atoms with Crippen LogP contribution in [0.15, 0.2) is 30.3 Å². The van der Waals surface area contributed by atoms with Gasteiger partial charge in [0.1, 0.15) is 0 Å². The number of hydrogen-bond donors (Lipinski definition) is 1. The lowest BCUT2D eigenvalue weighted by atomic mass is 9.81. The third-order valence-electron chi connectivity index (χ3n) is 4.72. The van der Waals surface area contributed by atoms with Crippen LogP contribution in [0.2, 0.25) is 0 Å². The predicted octanol–water partition coefficient (Wildman–Crippen LogP) is 2.05. The summed E-state index contributed by atoms with van der Waals surface area (Å²) in [6, 6.07) is 10.9. The van der Waals surface area contributed by atoms with Gasteiger partial charge in [-0.25, -0.2) is 0 Å². The maximum Gasteiger partial charge on any atom is 0.0176 e. The first-order valence-electron chi connectivity index (χ1n) is 8.11. The minimum atomic E-state index is 0.162. The molecule has 1 N–H and O–H groups in total. The summed E-state index contributed by atoms with van der Waals surface area (Å²) in [5, 5.41) is 3.38. The van der Waals surface area contributed by atoms with E-state index < -0.39 is 0 Å². The van der Waals surface area contributed by atoms with E-state index in [-0.39, 0.29) is 5.41 Å². The van der Waals surface area contributed by atoms with Gasteiger partial charge in [0.25, 0.3) is 0 Å². The van der Waals surface area contributed by atoms with Crippen LogP contribution in [-0.2, 0) is 5.41 Å². The number of nitrogens with one attached hydrogen (secondary N) is 1. The summed E-state index contributed by atoms with van der Waals surface area (Å²) in [5.74, 6) is 0.828. The number of benzene rings is 1. The molecule has 0 aromatic heterocycles. The van der Waals surface area contributed by atoms with Crippen molar-refractivity contribution in [2.24, 2.45) is 5.92 Å². The number of nitrogens with zero attached hydrogens (tertiary/aromatic N) is 2. The molecule has 1 fully saturated rings. The van der Waals surface area contributed by atoms with Crippen molar-refractivity contribution in [3.8, 4) is 0 Å². The molecule has 118 valence electrons. The summed E-state index contributed by atoms with van der Waals surface area (Å²) in [4.78, 5) is 4.97. The average Bonchev–Trinajstić information content (AvgIpc) is 2.85. The van der Waals surface area contributed by atoms with E-state index in [9.17, 15) is 0 Å². The van der Waals surface area contributed by atoms with E-state index in [2.05, 4.69) is 66.5 Å². The molecule has 0 aliphatic carbocycles. The molecule has 0 saturated carbocycles. The second-order valence-electron chi connectivity index (χ2n) is 7.07. The van der Waals surface area contributed by atoms with Gasteiger partial charge in [-0.3, -0.25) is 0 Å². The Bertz CT molecular complexity index is 420. The van der Waals surface area contributed by atoms with Crippen molar-refractivity contribution in [2.75, 3.05) is 53.9 Å². The summed E-state index contributed by atoms with van der Waals surface area (Å²) in [6.45, 7) is 8.18. The fourth-order valence-electron chi connectivity index (χ4n) is 3.76. The van der Waals surface area contributed by atoms with Crippen molar-refractivity contribution >= 4 is 0 Å². The van der Waals surface area contributed by atoms with E-state index in [4.69, 9.17) is 0 Å². The van der Waals surface area contributed by atoms with Gasteiger partial charge in [0.15, 0.2) is 0 Å². The van der Waals surface area contributed by atoms with Crippen LogP contribution in [0.3, 0.4) is 0 Å². The van der Waals surface area contributed by atoms with E-state index in [0.717, 1.165) is 19.0 Å². The number of likely N-dealkylation sites (tertiary alicyclic amines) is 1. The minimum Gasteiger partial charge on any atom is -0.319 e. The summed E-state index contributed by atoms with van der Waals surface area (Å²) in [5.41, 5.74) is 1.59. The highest BCUT2D eigenvalue weighted by molar-refractivity contribution is 5.25. The van der Waals surface area contributed by atoms with Crippen LogP contribution in [0.1, 0.15) is 18.9 Å². The van der Waals surface area contributed by atoms with Crippen LogP contribution in [0.5, 0.6) is 0 Å². The van der Waals surface area contributed by atoms with Gasteiger partial charge >= 0.3 is 0 Å². The molecule has 21 heavy (non-hydrogen) atoms. The Kier molecular flexibility index (Phi) is 5.80. The highest BCUT2D eigenvalue weighted by atomic mass is 15.2. The molecule has 0 radical (unpaired) electrons. The largest absolute Gasteiger partial charge is 0.319 e. The molecule has 3 nitrogen and oxygen atoms in total. The predicted molar refractivity (Wildman–Crippen MR) is 90.8 cm³/mol. The molecule has 2 atom stereocenters. The van der Waals surface area contributed by atoms with Gasteiger partial charge in [-0.15, -0.1) is 0 Å². The molecule has 2 unspecified atom stereocenters. The molecule has 1 saturated heterocycles. The molecular formula is C18H31N3. The van der Waals surface area contributed by atoms with Gasteiger partial charge in [-0.2, -0.15) is 0 Å². The lowest BCUT2D eigenvalue weighted by Gasteiger charge is -2.35. The normalized spacial score (nSPS) is 22.6. The molecule has 1 aromatic rings. The quantitative estimate of drug-likeness (QED) is 0.829. The Labute approximate surface area is 130 Å². The zero-order chi connectivity index (χ0) is 15.3. The van der Waals surface area contributed by atoms with Crippen molar-refractivity contribution in [3.05, 3.63) is 35.9 Å². The molecular weight excluding hydrogens is 258 g/mol. The van der Waals surface area contributed by atoms with E-state index >= 15 is 0 Å². The van der Waals surface area contributed by atoms with Crippen molar-refractivity contribution in [1.29, 1.82) is 0 Å². The second-order valence-corrected chi connectivity index (χ2v) is 7.07. The molecule has 0 amide bonds. The SMILES string of the molecule is CNCC(C)(CN(C)CC1CCN(C)C1)c1ccccc1. The van der Waals surface area contributed by atoms with Gasteiger partial charge in [0, 0.05) is 31.6 Å². The Morgan fingerprint density at radius 1 is 1.33 bits per heavy atom. The summed E-state index contributed by atoms with van der Waals surface area (Å²) in [6.07, 6.45) is 1.34. The molecule has 0 bridgehead atoms. The number of rotatable bonds is 7. The Morgan fingerprint density at radius 3 is 2.62 bits per heavy atom. The van der Waals surface area contributed by atoms with Crippen LogP contribution in [0.25, 0.3) is 0 Å². The van der Waals surface area contributed by atoms with Gasteiger partial charge < -0.3 is 15.1 Å². The van der Waals surface area contributed by atoms with Crippen LogP contribution >= 0.6 is 0 Å².